The van der Waals surface area contributed by atoms with Gasteiger partial charge < -0.3 is 16.0 Å². The van der Waals surface area contributed by atoms with Crippen molar-refractivity contribution in [3.63, 3.8) is 0 Å². The van der Waals surface area contributed by atoms with Crippen LogP contribution in [0.4, 0.5) is 17.1 Å². The van der Waals surface area contributed by atoms with Crippen LogP contribution in [0.2, 0.25) is 0 Å². The molecule has 3 rings (SSSR count). The molecule has 0 fully saturated rings. The molecule has 0 bridgehead atoms. The average Bonchev–Trinajstić information content (AvgIpc) is 2.55. The maximum atomic E-state index is 12.1. The normalized spacial score (nSPS) is 15.1. The second-order valence-electron chi connectivity index (χ2n) is 5.24. The third kappa shape index (κ3) is 3.84. The van der Waals surface area contributed by atoms with Gasteiger partial charge in [0.2, 0.25) is 10.0 Å². The van der Waals surface area contributed by atoms with Crippen molar-refractivity contribution in [2.45, 2.75) is 4.90 Å². The fraction of sp³-hybridized carbons (Fsp3) is 0. The van der Waals surface area contributed by atoms with Gasteiger partial charge in [-0.2, -0.15) is 0 Å². The summed E-state index contributed by atoms with van der Waals surface area (Å²) in [5.41, 5.74) is 1.77. The maximum Gasteiger partial charge on any atom is 0.272 e. The number of carbonyl (C=O) groups is 2. The molecule has 0 saturated heterocycles. The first-order valence-corrected chi connectivity index (χ1v) is 8.70. The Hall–Kier alpha value is -3.17. The van der Waals surface area contributed by atoms with Crippen LogP contribution in [0.25, 0.3) is 0 Å². The van der Waals surface area contributed by atoms with E-state index in [0.29, 0.717) is 17.1 Å². The Kier molecular flexibility index (Phi) is 4.26. The van der Waals surface area contributed by atoms with E-state index >= 15 is 0 Å². The summed E-state index contributed by atoms with van der Waals surface area (Å²) >= 11 is 0. The Balaban J connectivity index is 1.74. The molecule has 0 radical (unpaired) electrons. The molecule has 0 unspecified atom stereocenters. The van der Waals surface area contributed by atoms with Gasteiger partial charge in [-0.25, -0.2) is 13.6 Å². The number of nitrogens with one attached hydrogen (secondary N) is 3. The van der Waals surface area contributed by atoms with Gasteiger partial charge in [0.1, 0.15) is 5.70 Å². The molecular formula is C16H14N4O4S. The second-order valence-corrected chi connectivity index (χ2v) is 6.80. The Bertz CT molecular complexity index is 981. The zero-order valence-electron chi connectivity index (χ0n) is 12.8. The van der Waals surface area contributed by atoms with Gasteiger partial charge in [-0.1, -0.05) is 12.1 Å². The number of hydrogen-bond acceptors (Lipinski definition) is 5. The predicted molar refractivity (Wildman–Crippen MR) is 93.2 cm³/mol. The van der Waals surface area contributed by atoms with Crippen molar-refractivity contribution in [1.82, 2.24) is 0 Å². The van der Waals surface area contributed by atoms with Gasteiger partial charge in [-0.05, 0) is 36.4 Å². The van der Waals surface area contributed by atoms with E-state index in [-0.39, 0.29) is 10.6 Å². The van der Waals surface area contributed by atoms with Crippen LogP contribution in [0.15, 0.2) is 65.2 Å². The second kappa shape index (κ2) is 6.38. The number of para-hydroxylation sites is 2. The molecule has 1 aliphatic rings. The number of fused-ring (bicyclic) bond motifs is 1. The zero-order valence-corrected chi connectivity index (χ0v) is 13.6. The summed E-state index contributed by atoms with van der Waals surface area (Å²) in [7, 11) is -3.79. The van der Waals surface area contributed by atoms with E-state index in [1.54, 1.807) is 24.3 Å². The van der Waals surface area contributed by atoms with Gasteiger partial charge >= 0.3 is 0 Å². The van der Waals surface area contributed by atoms with Gasteiger partial charge in [0.05, 0.1) is 16.3 Å². The molecule has 0 saturated carbocycles. The SMILES string of the molecule is NS(=O)(=O)c1ccc(NC(=O)/C=C2\Nc3ccccc3NC2=O)cc1. The molecule has 0 aliphatic carbocycles. The van der Waals surface area contributed by atoms with E-state index < -0.39 is 21.8 Å². The lowest BCUT2D eigenvalue weighted by Gasteiger charge is -2.20. The minimum Gasteiger partial charge on any atom is -0.349 e. The Morgan fingerprint density at radius 1 is 1.00 bits per heavy atom. The number of hydrogen-bond donors (Lipinski definition) is 4. The van der Waals surface area contributed by atoms with Crippen LogP contribution in [-0.4, -0.2) is 20.2 Å². The van der Waals surface area contributed by atoms with Crippen LogP contribution in [-0.2, 0) is 19.6 Å². The summed E-state index contributed by atoms with van der Waals surface area (Å²) in [5, 5.41) is 13.1. The maximum absolute atomic E-state index is 12.1. The number of nitrogens with two attached hydrogens (primary N) is 1. The lowest BCUT2D eigenvalue weighted by atomic mass is 10.2. The minimum atomic E-state index is -3.79. The Morgan fingerprint density at radius 2 is 1.60 bits per heavy atom. The van der Waals surface area contributed by atoms with Crippen LogP contribution in [0.1, 0.15) is 0 Å². The number of carbonyl (C=O) groups excluding carboxylic acids is 2. The van der Waals surface area contributed by atoms with Crippen LogP contribution < -0.4 is 21.1 Å². The number of benzene rings is 2. The fourth-order valence-electron chi connectivity index (χ4n) is 2.23. The third-order valence-corrected chi connectivity index (χ3v) is 4.34. The van der Waals surface area contributed by atoms with E-state index in [0.717, 1.165) is 6.08 Å². The van der Waals surface area contributed by atoms with Crippen molar-refractivity contribution in [3.8, 4) is 0 Å². The monoisotopic (exact) mass is 358 g/mol. The van der Waals surface area contributed by atoms with E-state index in [4.69, 9.17) is 5.14 Å². The number of sulfonamides is 1. The van der Waals surface area contributed by atoms with Crippen LogP contribution in [0, 0.1) is 0 Å². The van der Waals surface area contributed by atoms with Gasteiger partial charge in [-0.3, -0.25) is 9.59 Å². The largest absolute Gasteiger partial charge is 0.349 e. The quantitative estimate of drug-likeness (QED) is 0.613. The molecule has 2 amide bonds. The number of amides is 2. The zero-order chi connectivity index (χ0) is 18.0. The van der Waals surface area contributed by atoms with E-state index in [2.05, 4.69) is 16.0 Å². The average molecular weight is 358 g/mol. The first-order valence-electron chi connectivity index (χ1n) is 7.16. The van der Waals surface area contributed by atoms with Crippen molar-refractivity contribution in [3.05, 3.63) is 60.3 Å². The third-order valence-electron chi connectivity index (χ3n) is 3.42. The number of anilines is 3. The number of rotatable bonds is 3. The molecule has 1 aliphatic heterocycles. The molecule has 8 nitrogen and oxygen atoms in total. The summed E-state index contributed by atoms with van der Waals surface area (Å²) < 4.78 is 22.4. The van der Waals surface area contributed by atoms with Gasteiger partial charge in [0.25, 0.3) is 11.8 Å². The van der Waals surface area contributed by atoms with Gasteiger partial charge in [0, 0.05) is 11.8 Å². The summed E-state index contributed by atoms with van der Waals surface area (Å²) in [4.78, 5) is 24.0. The molecule has 0 spiro atoms. The summed E-state index contributed by atoms with van der Waals surface area (Å²) in [6, 6.07) is 12.5. The van der Waals surface area contributed by atoms with Crippen LogP contribution >= 0.6 is 0 Å². The molecule has 0 atom stereocenters. The molecule has 25 heavy (non-hydrogen) atoms. The van der Waals surface area contributed by atoms with Crippen molar-refractivity contribution in [2.75, 3.05) is 16.0 Å². The molecule has 1 heterocycles. The fourth-order valence-corrected chi connectivity index (χ4v) is 2.75. The highest BCUT2D eigenvalue weighted by Gasteiger charge is 2.20. The molecule has 2 aromatic carbocycles. The molecule has 5 N–H and O–H groups in total. The molecule has 2 aromatic rings. The summed E-state index contributed by atoms with van der Waals surface area (Å²) in [6.45, 7) is 0. The van der Waals surface area contributed by atoms with Crippen molar-refractivity contribution < 1.29 is 18.0 Å². The Morgan fingerprint density at radius 3 is 2.20 bits per heavy atom. The lowest BCUT2D eigenvalue weighted by molar-refractivity contribution is -0.114. The van der Waals surface area contributed by atoms with Crippen molar-refractivity contribution in [2.24, 2.45) is 5.14 Å². The number of primary sulfonamides is 1. The topological polar surface area (TPSA) is 130 Å². The highest BCUT2D eigenvalue weighted by Crippen LogP contribution is 2.27. The lowest BCUT2D eigenvalue weighted by Crippen LogP contribution is -2.27. The molecular weight excluding hydrogens is 344 g/mol. The smallest absolute Gasteiger partial charge is 0.272 e. The summed E-state index contributed by atoms with van der Waals surface area (Å²) in [6.07, 6.45) is 1.12. The summed E-state index contributed by atoms with van der Waals surface area (Å²) in [5.74, 6) is -0.973. The van der Waals surface area contributed by atoms with Crippen molar-refractivity contribution >= 4 is 38.9 Å². The first-order chi connectivity index (χ1) is 11.8. The van der Waals surface area contributed by atoms with Gasteiger partial charge in [0.15, 0.2) is 0 Å². The van der Waals surface area contributed by atoms with Gasteiger partial charge in [-0.15, -0.1) is 0 Å². The highest BCUT2D eigenvalue weighted by atomic mass is 32.2. The first kappa shape index (κ1) is 16.7. The van der Waals surface area contributed by atoms with E-state index in [9.17, 15) is 18.0 Å². The van der Waals surface area contributed by atoms with Crippen LogP contribution in [0.5, 0.6) is 0 Å². The van der Waals surface area contributed by atoms with Crippen molar-refractivity contribution in [1.29, 1.82) is 0 Å². The van der Waals surface area contributed by atoms with Crippen LogP contribution in [0.3, 0.4) is 0 Å². The molecule has 9 heteroatoms. The standard InChI is InChI=1S/C16H14N4O4S/c17-25(23,24)11-7-5-10(6-8-11)18-15(21)9-14-16(22)20-13-4-2-1-3-12(13)19-14/h1-9,19H,(H,18,21)(H,20,22)(H2,17,23,24)/b14-9-. The Labute approximate surface area is 143 Å². The molecule has 0 aromatic heterocycles. The highest BCUT2D eigenvalue weighted by molar-refractivity contribution is 7.89. The van der Waals surface area contributed by atoms with E-state index in [1.807, 2.05) is 0 Å². The minimum absolute atomic E-state index is 0.0613. The molecule has 128 valence electrons. The predicted octanol–water partition coefficient (Wildman–Crippen LogP) is 1.22. The van der Waals surface area contributed by atoms with E-state index in [1.165, 1.54) is 24.3 Å².